The first-order valence-corrected chi connectivity index (χ1v) is 5.95. The normalized spacial score (nSPS) is 10.7. The van der Waals surface area contributed by atoms with Crippen LogP contribution in [0.4, 0.5) is 0 Å². The van der Waals surface area contributed by atoms with Gasteiger partial charge >= 0.3 is 5.97 Å². The molecule has 1 aromatic heterocycles. The first-order valence-electron chi connectivity index (χ1n) is 5.95. The highest BCUT2D eigenvalue weighted by Gasteiger charge is 2.09. The fourth-order valence-corrected chi connectivity index (χ4v) is 2.22. The average Bonchev–Trinajstić information content (AvgIpc) is 2.30. The van der Waals surface area contributed by atoms with E-state index in [1.54, 1.807) is 0 Å². The number of pyridine rings is 1. The minimum absolute atomic E-state index is 0.223. The van der Waals surface area contributed by atoms with E-state index in [2.05, 4.69) is 28.8 Å². The summed E-state index contributed by atoms with van der Waals surface area (Å²) in [6.07, 6.45) is 0.223. The maximum atomic E-state index is 11.3. The van der Waals surface area contributed by atoms with Gasteiger partial charge in [-0.25, -0.2) is 0 Å². The van der Waals surface area contributed by atoms with Crippen LogP contribution in [0.3, 0.4) is 0 Å². The first kappa shape index (κ1) is 12.6. The van der Waals surface area contributed by atoms with Gasteiger partial charge in [-0.15, -0.1) is 0 Å². The Labute approximate surface area is 107 Å². The average molecular weight is 243 g/mol. The van der Waals surface area contributed by atoms with E-state index >= 15 is 0 Å². The number of aromatic nitrogens is 1. The second kappa shape index (κ2) is 4.77. The summed E-state index contributed by atoms with van der Waals surface area (Å²) in [5, 5.41) is 1.15. The zero-order chi connectivity index (χ0) is 13.3. The van der Waals surface area contributed by atoms with Crippen molar-refractivity contribution in [3.05, 3.63) is 40.6 Å². The number of ether oxygens (including phenoxy) is 1. The summed E-state index contributed by atoms with van der Waals surface area (Å²) in [4.78, 5) is 15.9. The van der Waals surface area contributed by atoms with Crippen molar-refractivity contribution in [1.82, 2.24) is 4.98 Å². The van der Waals surface area contributed by atoms with E-state index in [1.165, 1.54) is 12.7 Å². The standard InChI is InChI=1S/C15H17NO2/c1-9-5-11(3)15-13(6-9)10(2)7-12(16-15)8-14(17)18-4/h5-7H,8H2,1-4H3. The quantitative estimate of drug-likeness (QED) is 0.761. The Kier molecular flexibility index (Phi) is 3.32. The number of hydrogen-bond donors (Lipinski definition) is 0. The third-order valence-corrected chi connectivity index (χ3v) is 3.06. The molecule has 1 aromatic carbocycles. The number of fused-ring (bicyclic) bond motifs is 1. The van der Waals surface area contributed by atoms with E-state index in [9.17, 15) is 4.79 Å². The Bertz CT molecular complexity index is 617. The van der Waals surface area contributed by atoms with E-state index in [0.29, 0.717) is 0 Å². The molecule has 2 rings (SSSR count). The molecule has 1 heterocycles. The maximum Gasteiger partial charge on any atom is 0.311 e. The predicted molar refractivity (Wildman–Crippen MR) is 71.7 cm³/mol. The van der Waals surface area contributed by atoms with Crippen LogP contribution in [0.5, 0.6) is 0 Å². The van der Waals surface area contributed by atoms with Crippen LogP contribution in [0.2, 0.25) is 0 Å². The fraction of sp³-hybridized carbons (Fsp3) is 0.333. The molecule has 2 aromatic rings. The van der Waals surface area contributed by atoms with Gasteiger partial charge in [0.05, 0.1) is 24.7 Å². The van der Waals surface area contributed by atoms with E-state index in [-0.39, 0.29) is 12.4 Å². The number of rotatable bonds is 2. The Morgan fingerprint density at radius 1 is 1.17 bits per heavy atom. The van der Waals surface area contributed by atoms with Crippen LogP contribution in [0.1, 0.15) is 22.4 Å². The number of aryl methyl sites for hydroxylation is 3. The zero-order valence-corrected chi connectivity index (χ0v) is 11.2. The van der Waals surface area contributed by atoms with Gasteiger partial charge < -0.3 is 4.74 Å². The molecule has 94 valence electrons. The lowest BCUT2D eigenvalue weighted by molar-refractivity contribution is -0.139. The Balaban J connectivity index is 2.58. The summed E-state index contributed by atoms with van der Waals surface area (Å²) in [5.41, 5.74) is 5.24. The van der Waals surface area contributed by atoms with Crippen LogP contribution in [0, 0.1) is 20.8 Å². The SMILES string of the molecule is COC(=O)Cc1cc(C)c2cc(C)cc(C)c2n1. The second-order valence-electron chi connectivity index (χ2n) is 4.66. The fourth-order valence-electron chi connectivity index (χ4n) is 2.22. The molecular formula is C15H17NO2. The number of nitrogens with zero attached hydrogens (tertiary/aromatic N) is 1. The maximum absolute atomic E-state index is 11.3. The molecule has 0 unspecified atom stereocenters. The molecule has 0 amide bonds. The monoisotopic (exact) mass is 243 g/mol. The van der Waals surface area contributed by atoms with Crippen molar-refractivity contribution in [3.63, 3.8) is 0 Å². The summed E-state index contributed by atoms with van der Waals surface area (Å²) in [6.45, 7) is 6.17. The highest BCUT2D eigenvalue weighted by Crippen LogP contribution is 2.23. The second-order valence-corrected chi connectivity index (χ2v) is 4.66. The molecule has 0 bridgehead atoms. The van der Waals surface area contributed by atoms with Crippen LogP contribution in [-0.4, -0.2) is 18.1 Å². The summed E-state index contributed by atoms with van der Waals surface area (Å²) >= 11 is 0. The van der Waals surface area contributed by atoms with E-state index < -0.39 is 0 Å². The molecule has 0 N–H and O–H groups in total. The van der Waals surface area contributed by atoms with Crippen LogP contribution < -0.4 is 0 Å². The van der Waals surface area contributed by atoms with E-state index in [1.807, 2.05) is 19.9 Å². The van der Waals surface area contributed by atoms with Crippen molar-refractivity contribution in [2.75, 3.05) is 7.11 Å². The Hall–Kier alpha value is -1.90. The molecule has 0 aliphatic heterocycles. The lowest BCUT2D eigenvalue weighted by atomic mass is 10.0. The Morgan fingerprint density at radius 2 is 1.89 bits per heavy atom. The summed E-state index contributed by atoms with van der Waals surface area (Å²) in [5.74, 6) is -0.258. The van der Waals surface area contributed by atoms with Gasteiger partial charge in [-0.05, 0) is 44.0 Å². The lowest BCUT2D eigenvalue weighted by Gasteiger charge is -2.09. The van der Waals surface area contributed by atoms with E-state index in [4.69, 9.17) is 0 Å². The molecule has 0 saturated heterocycles. The van der Waals surface area contributed by atoms with Gasteiger partial charge in [0, 0.05) is 5.39 Å². The van der Waals surface area contributed by atoms with Crippen LogP contribution in [-0.2, 0) is 16.0 Å². The first-order chi connectivity index (χ1) is 8.51. The molecule has 0 saturated carbocycles. The van der Waals surface area contributed by atoms with Gasteiger partial charge in [-0.1, -0.05) is 11.6 Å². The molecule has 3 heteroatoms. The van der Waals surface area contributed by atoms with Gasteiger partial charge in [0.2, 0.25) is 0 Å². The van der Waals surface area contributed by atoms with Crippen molar-refractivity contribution in [2.45, 2.75) is 27.2 Å². The van der Waals surface area contributed by atoms with Gasteiger partial charge in [-0.3, -0.25) is 9.78 Å². The minimum Gasteiger partial charge on any atom is -0.469 e. The largest absolute Gasteiger partial charge is 0.469 e. The van der Waals surface area contributed by atoms with Crippen molar-refractivity contribution in [1.29, 1.82) is 0 Å². The number of hydrogen-bond acceptors (Lipinski definition) is 3. The summed E-state index contributed by atoms with van der Waals surface area (Å²) in [7, 11) is 1.39. The van der Waals surface area contributed by atoms with Crippen molar-refractivity contribution in [2.24, 2.45) is 0 Å². The van der Waals surface area contributed by atoms with Crippen LogP contribution in [0.25, 0.3) is 10.9 Å². The summed E-state index contributed by atoms with van der Waals surface area (Å²) in [6, 6.07) is 6.20. The third-order valence-electron chi connectivity index (χ3n) is 3.06. The molecule has 0 radical (unpaired) electrons. The summed E-state index contributed by atoms with van der Waals surface area (Å²) < 4.78 is 4.68. The van der Waals surface area contributed by atoms with Gasteiger partial charge in [0.1, 0.15) is 0 Å². The van der Waals surface area contributed by atoms with Crippen molar-refractivity contribution < 1.29 is 9.53 Å². The highest BCUT2D eigenvalue weighted by atomic mass is 16.5. The molecule has 0 spiro atoms. The number of carbonyl (C=O) groups excluding carboxylic acids is 1. The van der Waals surface area contributed by atoms with Crippen molar-refractivity contribution in [3.8, 4) is 0 Å². The molecule has 0 atom stereocenters. The van der Waals surface area contributed by atoms with Crippen molar-refractivity contribution >= 4 is 16.9 Å². The third kappa shape index (κ3) is 2.35. The zero-order valence-electron chi connectivity index (χ0n) is 11.2. The minimum atomic E-state index is -0.258. The van der Waals surface area contributed by atoms with Crippen LogP contribution >= 0.6 is 0 Å². The lowest BCUT2D eigenvalue weighted by Crippen LogP contribution is -2.07. The topological polar surface area (TPSA) is 39.2 Å². The van der Waals surface area contributed by atoms with Gasteiger partial charge in [-0.2, -0.15) is 0 Å². The van der Waals surface area contributed by atoms with Crippen LogP contribution in [0.15, 0.2) is 18.2 Å². The smallest absolute Gasteiger partial charge is 0.311 e. The van der Waals surface area contributed by atoms with E-state index in [0.717, 1.165) is 27.7 Å². The van der Waals surface area contributed by atoms with Gasteiger partial charge in [0.15, 0.2) is 0 Å². The number of carbonyl (C=O) groups is 1. The molecule has 0 aliphatic carbocycles. The number of methoxy groups -OCH3 is 1. The Morgan fingerprint density at radius 3 is 2.56 bits per heavy atom. The molecular weight excluding hydrogens is 226 g/mol. The molecule has 0 fully saturated rings. The molecule has 18 heavy (non-hydrogen) atoms. The predicted octanol–water partition coefficient (Wildman–Crippen LogP) is 2.88. The number of benzene rings is 1. The molecule has 0 aliphatic rings. The highest BCUT2D eigenvalue weighted by molar-refractivity contribution is 5.86. The van der Waals surface area contributed by atoms with Gasteiger partial charge in [0.25, 0.3) is 0 Å². The molecule has 3 nitrogen and oxygen atoms in total. The number of esters is 1.